The third kappa shape index (κ3) is 3.51. The fraction of sp³-hybridized carbons (Fsp3) is 0.273. The number of aliphatic carboxylic acids is 1. The molecule has 0 spiro atoms. The minimum Gasteiger partial charge on any atom is -0.497 e. The van der Waals surface area contributed by atoms with Gasteiger partial charge < -0.3 is 9.84 Å². The number of carboxylic acid groups (broad SMARTS) is 1. The Morgan fingerprint density at radius 3 is 2.85 bits per heavy atom. The molecule has 4 rings (SSSR count). The van der Waals surface area contributed by atoms with E-state index in [2.05, 4.69) is 22.0 Å². The Kier molecular flexibility index (Phi) is 4.77. The number of benzene rings is 2. The number of fused-ring (bicyclic) bond motifs is 1. The van der Waals surface area contributed by atoms with Crippen LogP contribution >= 0.6 is 0 Å². The lowest BCUT2D eigenvalue weighted by molar-refractivity contribution is -0.141. The zero-order valence-electron chi connectivity index (χ0n) is 15.2. The van der Waals surface area contributed by atoms with Crippen LogP contribution in [-0.2, 0) is 11.3 Å². The molecule has 3 aromatic rings. The van der Waals surface area contributed by atoms with Gasteiger partial charge in [0.1, 0.15) is 5.75 Å². The Bertz CT molecular complexity index is 967. The molecule has 0 bridgehead atoms. The van der Waals surface area contributed by atoms with Crippen LogP contribution in [0.25, 0.3) is 10.9 Å². The number of aromatic nitrogens is 1. The Labute approximate surface area is 158 Å². The first-order valence-corrected chi connectivity index (χ1v) is 9.07. The number of ether oxygens (including phenoxy) is 1. The summed E-state index contributed by atoms with van der Waals surface area (Å²) in [6.45, 7) is 1.96. The molecule has 2 atom stereocenters. The summed E-state index contributed by atoms with van der Waals surface area (Å²) < 4.78 is 5.31. The standard InChI is InChI=1S/C22H22N2O3/c1-27-17-7-2-5-15(11-17)19-13-24(14-20(19)22(25)26)12-16-6-3-9-21-18(16)8-4-10-23-21/h2-11,19-20H,12-14H2,1H3,(H,25,26)/t19-,20+/m0/s1. The van der Waals surface area contributed by atoms with E-state index < -0.39 is 11.9 Å². The summed E-state index contributed by atoms with van der Waals surface area (Å²) in [6, 6.07) is 17.9. The molecule has 138 valence electrons. The number of methoxy groups -OCH3 is 1. The number of carbonyl (C=O) groups is 1. The van der Waals surface area contributed by atoms with E-state index in [4.69, 9.17) is 4.74 Å². The van der Waals surface area contributed by atoms with Crippen molar-refractivity contribution in [2.24, 2.45) is 5.92 Å². The highest BCUT2D eigenvalue weighted by Gasteiger charge is 2.38. The van der Waals surface area contributed by atoms with Gasteiger partial charge >= 0.3 is 5.97 Å². The van der Waals surface area contributed by atoms with Gasteiger partial charge in [-0.3, -0.25) is 14.7 Å². The highest BCUT2D eigenvalue weighted by Crippen LogP contribution is 2.35. The summed E-state index contributed by atoms with van der Waals surface area (Å²) in [5.74, 6) is -0.462. The predicted octanol–water partition coefficient (Wildman–Crippen LogP) is 3.54. The maximum Gasteiger partial charge on any atom is 0.308 e. The van der Waals surface area contributed by atoms with E-state index in [1.165, 1.54) is 5.56 Å². The predicted molar refractivity (Wildman–Crippen MR) is 104 cm³/mol. The minimum absolute atomic E-state index is 0.0503. The first-order chi connectivity index (χ1) is 13.2. The number of hydrogen-bond donors (Lipinski definition) is 1. The monoisotopic (exact) mass is 362 g/mol. The van der Waals surface area contributed by atoms with Gasteiger partial charge in [0.25, 0.3) is 0 Å². The molecule has 0 amide bonds. The molecule has 1 aliphatic heterocycles. The van der Waals surface area contributed by atoms with E-state index in [-0.39, 0.29) is 5.92 Å². The van der Waals surface area contributed by atoms with Crippen molar-refractivity contribution in [2.75, 3.05) is 20.2 Å². The molecule has 5 heteroatoms. The van der Waals surface area contributed by atoms with Crippen molar-refractivity contribution >= 4 is 16.9 Å². The van der Waals surface area contributed by atoms with Crippen LogP contribution in [0.3, 0.4) is 0 Å². The van der Waals surface area contributed by atoms with E-state index in [0.717, 1.165) is 22.2 Å². The quantitative estimate of drug-likeness (QED) is 0.752. The lowest BCUT2D eigenvalue weighted by Gasteiger charge is -2.17. The lowest BCUT2D eigenvalue weighted by atomic mass is 9.89. The summed E-state index contributed by atoms with van der Waals surface area (Å²) in [5, 5.41) is 10.9. The van der Waals surface area contributed by atoms with Crippen LogP contribution in [0.1, 0.15) is 17.0 Å². The molecule has 5 nitrogen and oxygen atoms in total. The molecule has 0 unspecified atom stereocenters. The summed E-state index contributed by atoms with van der Waals surface area (Å²) in [7, 11) is 1.63. The van der Waals surface area contributed by atoms with Gasteiger partial charge in [0, 0.05) is 37.1 Å². The normalized spacial score (nSPS) is 20.0. The van der Waals surface area contributed by atoms with Crippen LogP contribution in [0.4, 0.5) is 0 Å². The molecule has 1 fully saturated rings. The molecule has 1 N–H and O–H groups in total. The van der Waals surface area contributed by atoms with Crippen molar-refractivity contribution in [3.63, 3.8) is 0 Å². The van der Waals surface area contributed by atoms with Crippen molar-refractivity contribution in [1.82, 2.24) is 9.88 Å². The smallest absolute Gasteiger partial charge is 0.308 e. The molecule has 1 aromatic heterocycles. The summed E-state index contributed by atoms with van der Waals surface area (Å²) in [4.78, 5) is 18.5. The van der Waals surface area contributed by atoms with Crippen molar-refractivity contribution in [3.05, 3.63) is 71.9 Å². The molecule has 2 aromatic carbocycles. The van der Waals surface area contributed by atoms with E-state index in [9.17, 15) is 9.90 Å². The van der Waals surface area contributed by atoms with Crippen molar-refractivity contribution in [2.45, 2.75) is 12.5 Å². The summed E-state index contributed by atoms with van der Waals surface area (Å²) in [6.07, 6.45) is 1.79. The van der Waals surface area contributed by atoms with Crippen LogP contribution in [0.5, 0.6) is 5.75 Å². The zero-order valence-corrected chi connectivity index (χ0v) is 15.2. The first kappa shape index (κ1) is 17.5. The van der Waals surface area contributed by atoms with Crippen LogP contribution < -0.4 is 4.74 Å². The van der Waals surface area contributed by atoms with E-state index in [1.807, 2.05) is 42.5 Å². The van der Waals surface area contributed by atoms with Crippen molar-refractivity contribution < 1.29 is 14.6 Å². The number of rotatable bonds is 5. The maximum atomic E-state index is 11.9. The van der Waals surface area contributed by atoms with Crippen molar-refractivity contribution in [1.29, 1.82) is 0 Å². The Morgan fingerprint density at radius 1 is 1.19 bits per heavy atom. The van der Waals surface area contributed by atoms with Crippen molar-refractivity contribution in [3.8, 4) is 5.75 Å². The Hall–Kier alpha value is -2.92. The van der Waals surface area contributed by atoms with Crippen LogP contribution in [-0.4, -0.2) is 41.2 Å². The van der Waals surface area contributed by atoms with E-state index in [0.29, 0.717) is 19.6 Å². The Balaban J connectivity index is 1.60. The van der Waals surface area contributed by atoms with Gasteiger partial charge in [-0.15, -0.1) is 0 Å². The average molecular weight is 362 g/mol. The molecule has 0 aliphatic carbocycles. The highest BCUT2D eigenvalue weighted by atomic mass is 16.5. The van der Waals surface area contributed by atoms with E-state index in [1.54, 1.807) is 13.3 Å². The molecule has 1 aliphatic rings. The van der Waals surface area contributed by atoms with Gasteiger partial charge in [-0.1, -0.05) is 30.3 Å². The topological polar surface area (TPSA) is 62.7 Å². The second kappa shape index (κ2) is 7.37. The number of pyridine rings is 1. The molecular formula is C22H22N2O3. The molecule has 0 saturated carbocycles. The minimum atomic E-state index is -0.745. The number of nitrogens with zero attached hydrogens (tertiary/aromatic N) is 2. The number of likely N-dealkylation sites (tertiary alicyclic amines) is 1. The summed E-state index contributed by atoms with van der Waals surface area (Å²) >= 11 is 0. The van der Waals surface area contributed by atoms with Crippen LogP contribution in [0, 0.1) is 5.92 Å². The Morgan fingerprint density at radius 2 is 2.04 bits per heavy atom. The zero-order chi connectivity index (χ0) is 18.8. The molecule has 0 radical (unpaired) electrons. The van der Waals surface area contributed by atoms with Gasteiger partial charge in [-0.2, -0.15) is 0 Å². The fourth-order valence-corrected chi connectivity index (χ4v) is 4.02. The fourth-order valence-electron chi connectivity index (χ4n) is 4.02. The third-order valence-electron chi connectivity index (χ3n) is 5.36. The lowest BCUT2D eigenvalue weighted by Crippen LogP contribution is -2.23. The van der Waals surface area contributed by atoms with Crippen LogP contribution in [0.15, 0.2) is 60.8 Å². The molecular weight excluding hydrogens is 340 g/mol. The molecule has 27 heavy (non-hydrogen) atoms. The van der Waals surface area contributed by atoms with Gasteiger partial charge in [-0.05, 0) is 35.4 Å². The second-order valence-electron chi connectivity index (χ2n) is 7.01. The van der Waals surface area contributed by atoms with Crippen LogP contribution in [0.2, 0.25) is 0 Å². The largest absolute Gasteiger partial charge is 0.497 e. The molecule has 2 heterocycles. The van der Waals surface area contributed by atoms with Gasteiger partial charge in [-0.25, -0.2) is 0 Å². The number of carboxylic acids is 1. The molecule has 1 saturated heterocycles. The van der Waals surface area contributed by atoms with Gasteiger partial charge in [0.2, 0.25) is 0 Å². The SMILES string of the molecule is COc1cccc([C@@H]2CN(Cc3cccc4ncccc34)C[C@H]2C(=O)O)c1. The number of hydrogen-bond acceptors (Lipinski definition) is 4. The third-order valence-corrected chi connectivity index (χ3v) is 5.36. The van der Waals surface area contributed by atoms with E-state index >= 15 is 0 Å². The second-order valence-corrected chi connectivity index (χ2v) is 7.01. The highest BCUT2D eigenvalue weighted by molar-refractivity contribution is 5.81. The van der Waals surface area contributed by atoms with Gasteiger partial charge in [0.05, 0.1) is 18.5 Å². The summed E-state index contributed by atoms with van der Waals surface area (Å²) in [5.41, 5.74) is 3.16. The maximum absolute atomic E-state index is 11.9. The van der Waals surface area contributed by atoms with Gasteiger partial charge in [0.15, 0.2) is 0 Å². The average Bonchev–Trinajstić information content (AvgIpc) is 3.13. The first-order valence-electron chi connectivity index (χ1n) is 9.07.